The van der Waals surface area contributed by atoms with Gasteiger partial charge in [-0.25, -0.2) is 0 Å². The van der Waals surface area contributed by atoms with Crippen LogP contribution in [0.2, 0.25) is 0 Å². The summed E-state index contributed by atoms with van der Waals surface area (Å²) in [5, 5.41) is 8.60. The zero-order valence-electron chi connectivity index (χ0n) is 5.26. The van der Waals surface area contributed by atoms with Crippen LogP contribution < -0.4 is 0 Å². The second-order valence-electron chi connectivity index (χ2n) is 1.22. The van der Waals surface area contributed by atoms with Crippen LogP contribution in [0.1, 0.15) is 13.8 Å². The molecule has 0 fully saturated rings. The molecule has 0 aromatic rings. The molecule has 3 nitrogen and oxygen atoms in total. The maximum Gasteiger partial charge on any atom is 0.636 e. The van der Waals surface area contributed by atoms with E-state index in [-0.39, 0.29) is 0 Å². The lowest BCUT2D eigenvalue weighted by atomic mass is 10.2. The van der Waals surface area contributed by atoms with E-state index in [1.54, 1.807) is 13.8 Å². The molecule has 0 saturated heterocycles. The molecular formula is C4H11BO3. The summed E-state index contributed by atoms with van der Waals surface area (Å²) in [6, 6.07) is 0. The second-order valence-corrected chi connectivity index (χ2v) is 1.22. The summed E-state index contributed by atoms with van der Waals surface area (Å²) in [6.45, 7) is 4.53. The molecule has 0 aromatic carbocycles. The zero-order chi connectivity index (χ0) is 6.41. The van der Waals surface area contributed by atoms with Crippen molar-refractivity contribution in [1.29, 1.82) is 0 Å². The lowest BCUT2D eigenvalue weighted by Crippen LogP contribution is -2.22. The molecule has 0 saturated carbocycles. The fourth-order valence-electron chi connectivity index (χ4n) is 0.333. The van der Waals surface area contributed by atoms with Crippen molar-refractivity contribution in [2.75, 3.05) is 13.2 Å². The Morgan fingerprint density at radius 3 is 1.88 bits per heavy atom. The average Bonchev–Trinajstić information content (AvgIpc) is 1.68. The Kier molecular flexibility index (Phi) is 5.05. The summed E-state index contributed by atoms with van der Waals surface area (Å²) in [5.74, 6) is 0. The molecule has 0 bridgehead atoms. The molecule has 0 rings (SSSR count). The molecule has 1 N–H and O–H groups in total. The normalized spacial score (nSPS) is 9.38. The van der Waals surface area contributed by atoms with Gasteiger partial charge in [-0.15, -0.1) is 0 Å². The first-order valence-corrected chi connectivity index (χ1v) is 2.72. The summed E-state index contributed by atoms with van der Waals surface area (Å²) in [5.41, 5.74) is 0. The monoisotopic (exact) mass is 118 g/mol. The van der Waals surface area contributed by atoms with Crippen molar-refractivity contribution in [3.05, 3.63) is 0 Å². The highest BCUT2D eigenvalue weighted by Gasteiger charge is 2.11. The smallest absolute Gasteiger partial charge is 0.402 e. The molecule has 0 unspecified atom stereocenters. The van der Waals surface area contributed by atoms with Crippen LogP contribution in [0.15, 0.2) is 0 Å². The van der Waals surface area contributed by atoms with Gasteiger partial charge in [-0.05, 0) is 13.8 Å². The molecule has 8 heavy (non-hydrogen) atoms. The van der Waals surface area contributed by atoms with Crippen molar-refractivity contribution in [3.63, 3.8) is 0 Å². The Morgan fingerprint density at radius 1 is 1.25 bits per heavy atom. The molecule has 4 heteroatoms. The predicted octanol–water partition coefficient (Wildman–Crippen LogP) is 0.0366. The highest BCUT2D eigenvalue weighted by atomic mass is 16.7. The van der Waals surface area contributed by atoms with Gasteiger partial charge in [0.05, 0.1) is 0 Å². The number of rotatable bonds is 4. The van der Waals surface area contributed by atoms with Crippen LogP contribution in [0.4, 0.5) is 0 Å². The second kappa shape index (κ2) is 5.09. The Morgan fingerprint density at radius 2 is 1.62 bits per heavy atom. The van der Waals surface area contributed by atoms with Gasteiger partial charge in [-0.2, -0.15) is 0 Å². The van der Waals surface area contributed by atoms with Crippen LogP contribution in [0, 0.1) is 0 Å². The third kappa shape index (κ3) is 4.11. The van der Waals surface area contributed by atoms with Gasteiger partial charge in [0.2, 0.25) is 0 Å². The number of hydrogen-bond donors (Lipinski definition) is 1. The minimum absolute atomic E-state index is 0.473. The van der Waals surface area contributed by atoms with Crippen LogP contribution >= 0.6 is 0 Å². The maximum atomic E-state index is 8.60. The minimum atomic E-state index is -1.04. The summed E-state index contributed by atoms with van der Waals surface area (Å²) < 4.78 is 9.23. The van der Waals surface area contributed by atoms with Gasteiger partial charge in [0.1, 0.15) is 0 Å². The minimum Gasteiger partial charge on any atom is -0.402 e. The van der Waals surface area contributed by atoms with Crippen molar-refractivity contribution in [1.82, 2.24) is 0 Å². The molecule has 0 amide bonds. The summed E-state index contributed by atoms with van der Waals surface area (Å²) in [7, 11) is -1.04. The summed E-state index contributed by atoms with van der Waals surface area (Å²) in [6.07, 6.45) is 0. The summed E-state index contributed by atoms with van der Waals surface area (Å²) >= 11 is 0. The predicted molar refractivity (Wildman–Crippen MR) is 31.2 cm³/mol. The van der Waals surface area contributed by atoms with Gasteiger partial charge in [0.25, 0.3) is 0 Å². The fourth-order valence-corrected chi connectivity index (χ4v) is 0.333. The lowest BCUT2D eigenvalue weighted by molar-refractivity contribution is 0.145. The molecule has 0 aliphatic rings. The largest absolute Gasteiger partial charge is 0.636 e. The van der Waals surface area contributed by atoms with Gasteiger partial charge in [0.15, 0.2) is 0 Å². The average molecular weight is 118 g/mol. The third-order valence-electron chi connectivity index (χ3n) is 0.618. The topological polar surface area (TPSA) is 38.7 Å². The van der Waals surface area contributed by atoms with Crippen molar-refractivity contribution < 1.29 is 14.3 Å². The molecule has 48 valence electrons. The Balaban J connectivity index is 2.92. The van der Waals surface area contributed by atoms with E-state index < -0.39 is 7.32 Å². The van der Waals surface area contributed by atoms with E-state index in [4.69, 9.17) is 5.02 Å². The van der Waals surface area contributed by atoms with Crippen molar-refractivity contribution in [3.8, 4) is 0 Å². The van der Waals surface area contributed by atoms with Gasteiger partial charge >= 0.3 is 7.32 Å². The highest BCUT2D eigenvalue weighted by Crippen LogP contribution is 1.81. The van der Waals surface area contributed by atoms with E-state index in [2.05, 4.69) is 9.31 Å². The Bertz CT molecular complexity index is 44.5. The van der Waals surface area contributed by atoms with E-state index >= 15 is 0 Å². The van der Waals surface area contributed by atoms with Crippen molar-refractivity contribution in [2.45, 2.75) is 13.8 Å². The molecule has 0 aliphatic carbocycles. The van der Waals surface area contributed by atoms with Crippen LogP contribution in [-0.2, 0) is 9.31 Å². The van der Waals surface area contributed by atoms with Crippen LogP contribution in [0.25, 0.3) is 0 Å². The van der Waals surface area contributed by atoms with E-state index in [1.165, 1.54) is 0 Å². The van der Waals surface area contributed by atoms with Gasteiger partial charge in [0, 0.05) is 13.2 Å². The molecule has 0 heterocycles. The molecule has 0 spiro atoms. The SMILES string of the molecule is CCOB(O)OCC. The number of hydrogen-bond acceptors (Lipinski definition) is 3. The van der Waals surface area contributed by atoms with E-state index in [0.29, 0.717) is 13.2 Å². The first-order chi connectivity index (χ1) is 3.81. The summed E-state index contributed by atoms with van der Waals surface area (Å²) in [4.78, 5) is 0. The van der Waals surface area contributed by atoms with Crippen molar-refractivity contribution >= 4 is 7.32 Å². The molecular weight excluding hydrogens is 107 g/mol. The van der Waals surface area contributed by atoms with Crippen LogP contribution in [0.5, 0.6) is 0 Å². The van der Waals surface area contributed by atoms with Crippen molar-refractivity contribution in [2.24, 2.45) is 0 Å². The Labute approximate surface area is 49.8 Å². The first-order valence-electron chi connectivity index (χ1n) is 2.72. The van der Waals surface area contributed by atoms with Crippen LogP contribution in [0.3, 0.4) is 0 Å². The van der Waals surface area contributed by atoms with Gasteiger partial charge < -0.3 is 14.3 Å². The highest BCUT2D eigenvalue weighted by molar-refractivity contribution is 6.34. The van der Waals surface area contributed by atoms with E-state index in [1.807, 2.05) is 0 Å². The first kappa shape index (κ1) is 7.94. The van der Waals surface area contributed by atoms with E-state index in [9.17, 15) is 0 Å². The standard InChI is InChI=1S/C4H11BO3/c1-3-7-5(6)8-4-2/h6H,3-4H2,1-2H3. The maximum absolute atomic E-state index is 8.60. The molecule has 0 aromatic heterocycles. The molecule has 0 aliphatic heterocycles. The third-order valence-corrected chi connectivity index (χ3v) is 0.618. The van der Waals surface area contributed by atoms with E-state index in [0.717, 1.165) is 0 Å². The fraction of sp³-hybridized carbons (Fsp3) is 1.00. The zero-order valence-corrected chi connectivity index (χ0v) is 5.26. The molecule has 0 radical (unpaired) electrons. The van der Waals surface area contributed by atoms with Crippen LogP contribution in [-0.4, -0.2) is 25.6 Å². The van der Waals surface area contributed by atoms with Gasteiger partial charge in [-0.1, -0.05) is 0 Å². The Hall–Kier alpha value is -0.0551. The molecule has 0 atom stereocenters. The lowest BCUT2D eigenvalue weighted by Gasteiger charge is -2.02. The van der Waals surface area contributed by atoms with Gasteiger partial charge in [-0.3, -0.25) is 0 Å². The quantitative estimate of drug-likeness (QED) is 0.529.